The van der Waals surface area contributed by atoms with Gasteiger partial charge in [0.25, 0.3) is 0 Å². The third-order valence-electron chi connectivity index (χ3n) is 4.33. The molecule has 0 aliphatic carbocycles. The Balaban J connectivity index is 1.58. The Morgan fingerprint density at radius 2 is 1.68 bits per heavy atom. The van der Waals surface area contributed by atoms with Crippen LogP contribution in [0.4, 0.5) is 4.39 Å². The minimum atomic E-state index is -0.261. The average molecular weight is 377 g/mol. The summed E-state index contributed by atoms with van der Waals surface area (Å²) in [5.41, 5.74) is 3.81. The van der Waals surface area contributed by atoms with Crippen LogP contribution in [0.3, 0.4) is 0 Å². The fourth-order valence-electron chi connectivity index (χ4n) is 2.92. The van der Waals surface area contributed by atoms with Gasteiger partial charge in [0, 0.05) is 6.54 Å². The van der Waals surface area contributed by atoms with Crippen molar-refractivity contribution in [2.75, 3.05) is 6.61 Å². The summed E-state index contributed by atoms with van der Waals surface area (Å²) >= 11 is 0. The first-order valence-corrected chi connectivity index (χ1v) is 9.47. The maximum atomic E-state index is 13.1. The molecule has 3 rings (SSSR count). The van der Waals surface area contributed by atoms with Crippen molar-refractivity contribution in [2.45, 2.75) is 26.3 Å². The van der Waals surface area contributed by atoms with Crippen LogP contribution in [-0.4, -0.2) is 12.5 Å². The fourth-order valence-corrected chi connectivity index (χ4v) is 2.92. The molecular weight excluding hydrogens is 353 g/mol. The second-order valence-electron chi connectivity index (χ2n) is 6.66. The first-order chi connectivity index (χ1) is 13.6. The lowest BCUT2D eigenvalue weighted by Gasteiger charge is -2.09. The molecule has 0 fully saturated rings. The molecule has 0 aliphatic rings. The Labute approximate surface area is 165 Å². The molecular formula is C24H24FNO2. The number of carbonyl (C=O) groups is 1. The van der Waals surface area contributed by atoms with Crippen molar-refractivity contribution in [3.8, 4) is 16.9 Å². The molecule has 1 N–H and O–H groups in total. The Morgan fingerprint density at radius 1 is 0.929 bits per heavy atom. The lowest BCUT2D eigenvalue weighted by molar-refractivity contribution is -0.120. The van der Waals surface area contributed by atoms with Gasteiger partial charge >= 0.3 is 0 Å². The molecule has 3 nitrogen and oxygen atoms in total. The largest absolute Gasteiger partial charge is 0.494 e. The van der Waals surface area contributed by atoms with Gasteiger partial charge in [0.05, 0.1) is 13.0 Å². The van der Waals surface area contributed by atoms with E-state index < -0.39 is 0 Å². The molecule has 3 aromatic rings. The summed E-state index contributed by atoms with van der Waals surface area (Å²) in [4.78, 5) is 12.3. The molecule has 0 saturated heterocycles. The number of hydrogen-bond donors (Lipinski definition) is 1. The normalized spacial score (nSPS) is 10.5. The van der Waals surface area contributed by atoms with Crippen LogP contribution in [0.5, 0.6) is 5.75 Å². The van der Waals surface area contributed by atoms with E-state index in [2.05, 4.69) is 12.2 Å². The number of carbonyl (C=O) groups excluding carboxylic acids is 1. The second-order valence-corrected chi connectivity index (χ2v) is 6.66. The van der Waals surface area contributed by atoms with Gasteiger partial charge in [-0.1, -0.05) is 55.5 Å². The van der Waals surface area contributed by atoms with Crippen LogP contribution in [0, 0.1) is 5.82 Å². The van der Waals surface area contributed by atoms with E-state index in [1.165, 1.54) is 12.1 Å². The fraction of sp³-hybridized carbons (Fsp3) is 0.208. The van der Waals surface area contributed by atoms with E-state index in [0.717, 1.165) is 34.4 Å². The zero-order chi connectivity index (χ0) is 19.8. The molecule has 28 heavy (non-hydrogen) atoms. The van der Waals surface area contributed by atoms with Gasteiger partial charge in [0.2, 0.25) is 5.91 Å². The van der Waals surface area contributed by atoms with Crippen LogP contribution in [-0.2, 0) is 17.8 Å². The quantitative estimate of drug-likeness (QED) is 0.590. The zero-order valence-electron chi connectivity index (χ0n) is 16.0. The van der Waals surface area contributed by atoms with Crippen molar-refractivity contribution in [1.29, 1.82) is 0 Å². The van der Waals surface area contributed by atoms with Crippen LogP contribution in [0.15, 0.2) is 72.8 Å². The van der Waals surface area contributed by atoms with E-state index in [1.807, 2.05) is 48.5 Å². The summed E-state index contributed by atoms with van der Waals surface area (Å²) in [7, 11) is 0. The molecule has 1 amide bonds. The third kappa shape index (κ3) is 5.68. The van der Waals surface area contributed by atoms with Gasteiger partial charge in [-0.15, -0.1) is 0 Å². The van der Waals surface area contributed by atoms with E-state index in [1.54, 1.807) is 12.1 Å². The van der Waals surface area contributed by atoms with Crippen molar-refractivity contribution in [1.82, 2.24) is 5.32 Å². The monoisotopic (exact) mass is 377 g/mol. The maximum Gasteiger partial charge on any atom is 0.224 e. The topological polar surface area (TPSA) is 38.3 Å². The van der Waals surface area contributed by atoms with Crippen LogP contribution in [0.25, 0.3) is 11.1 Å². The highest BCUT2D eigenvalue weighted by Gasteiger charge is 2.06. The molecule has 0 atom stereocenters. The minimum Gasteiger partial charge on any atom is -0.494 e. The van der Waals surface area contributed by atoms with E-state index in [4.69, 9.17) is 4.74 Å². The lowest BCUT2D eigenvalue weighted by atomic mass is 10.0. The van der Waals surface area contributed by atoms with E-state index in [0.29, 0.717) is 19.6 Å². The molecule has 0 saturated carbocycles. The SMILES string of the molecule is CCCOc1cccc(CNC(=O)Cc2cccc(-c3ccc(F)cc3)c2)c1. The number of hydrogen-bond acceptors (Lipinski definition) is 2. The first-order valence-electron chi connectivity index (χ1n) is 9.47. The Hall–Kier alpha value is -3.14. The third-order valence-corrected chi connectivity index (χ3v) is 4.33. The van der Waals surface area contributed by atoms with E-state index >= 15 is 0 Å². The maximum absolute atomic E-state index is 13.1. The van der Waals surface area contributed by atoms with Gasteiger partial charge in [-0.25, -0.2) is 4.39 Å². The van der Waals surface area contributed by atoms with Crippen LogP contribution in [0.2, 0.25) is 0 Å². The van der Waals surface area contributed by atoms with Crippen LogP contribution < -0.4 is 10.1 Å². The lowest BCUT2D eigenvalue weighted by Crippen LogP contribution is -2.24. The first kappa shape index (κ1) is 19.6. The summed E-state index contributed by atoms with van der Waals surface area (Å²) in [5, 5.41) is 2.95. The molecule has 0 unspecified atom stereocenters. The predicted molar refractivity (Wildman–Crippen MR) is 110 cm³/mol. The second kappa shape index (κ2) is 9.70. The van der Waals surface area contributed by atoms with Crippen molar-refractivity contribution >= 4 is 5.91 Å². The van der Waals surface area contributed by atoms with Crippen molar-refractivity contribution in [3.05, 3.63) is 89.7 Å². The number of rotatable bonds is 8. The van der Waals surface area contributed by atoms with E-state index in [-0.39, 0.29) is 11.7 Å². The molecule has 144 valence electrons. The number of benzene rings is 3. The van der Waals surface area contributed by atoms with Crippen molar-refractivity contribution in [2.24, 2.45) is 0 Å². The Kier molecular flexibility index (Phi) is 6.79. The van der Waals surface area contributed by atoms with E-state index in [9.17, 15) is 9.18 Å². The van der Waals surface area contributed by atoms with Crippen LogP contribution in [0.1, 0.15) is 24.5 Å². The highest BCUT2D eigenvalue weighted by molar-refractivity contribution is 5.79. The molecule has 0 heterocycles. The summed E-state index contributed by atoms with van der Waals surface area (Å²) < 4.78 is 18.7. The molecule has 0 aromatic heterocycles. The van der Waals surface area contributed by atoms with Crippen molar-refractivity contribution in [3.63, 3.8) is 0 Å². The van der Waals surface area contributed by atoms with Gasteiger partial charge in [-0.05, 0) is 52.9 Å². The standard InChI is InChI=1S/C24H24FNO2/c1-2-13-28-23-8-4-6-19(15-23)17-26-24(27)16-18-5-3-7-21(14-18)20-9-11-22(25)12-10-20/h3-12,14-15H,2,13,16-17H2,1H3,(H,26,27). The highest BCUT2D eigenvalue weighted by atomic mass is 19.1. The highest BCUT2D eigenvalue weighted by Crippen LogP contribution is 2.21. The summed E-state index contributed by atoms with van der Waals surface area (Å²) in [5.74, 6) is 0.514. The summed E-state index contributed by atoms with van der Waals surface area (Å²) in [6, 6.07) is 21.9. The number of amides is 1. The molecule has 4 heteroatoms. The molecule has 0 spiro atoms. The molecule has 0 aliphatic heterocycles. The summed E-state index contributed by atoms with van der Waals surface area (Å²) in [6.07, 6.45) is 1.25. The zero-order valence-corrected chi connectivity index (χ0v) is 16.0. The van der Waals surface area contributed by atoms with Crippen LogP contribution >= 0.6 is 0 Å². The van der Waals surface area contributed by atoms with Gasteiger partial charge in [0.1, 0.15) is 11.6 Å². The van der Waals surface area contributed by atoms with Gasteiger partial charge < -0.3 is 10.1 Å². The number of nitrogens with one attached hydrogen (secondary N) is 1. The number of ether oxygens (including phenoxy) is 1. The Morgan fingerprint density at radius 3 is 2.46 bits per heavy atom. The average Bonchev–Trinajstić information content (AvgIpc) is 2.72. The number of halogens is 1. The van der Waals surface area contributed by atoms with Gasteiger partial charge in [0.15, 0.2) is 0 Å². The molecule has 0 radical (unpaired) electrons. The Bertz CT molecular complexity index is 922. The minimum absolute atomic E-state index is 0.0452. The predicted octanol–water partition coefficient (Wildman–Crippen LogP) is 5.14. The van der Waals surface area contributed by atoms with Crippen molar-refractivity contribution < 1.29 is 13.9 Å². The smallest absolute Gasteiger partial charge is 0.224 e. The molecule has 3 aromatic carbocycles. The van der Waals surface area contributed by atoms with Gasteiger partial charge in [-0.3, -0.25) is 4.79 Å². The summed E-state index contributed by atoms with van der Waals surface area (Å²) in [6.45, 7) is 3.20. The van der Waals surface area contributed by atoms with Gasteiger partial charge in [-0.2, -0.15) is 0 Å². The molecule has 0 bridgehead atoms.